The van der Waals surface area contributed by atoms with E-state index in [1.165, 1.54) is 12.1 Å². The number of benzene rings is 1. The van der Waals surface area contributed by atoms with Crippen LogP contribution in [0.15, 0.2) is 12.1 Å². The van der Waals surface area contributed by atoms with Gasteiger partial charge < -0.3 is 11.1 Å². The molecule has 1 aromatic carbocycles. The third kappa shape index (κ3) is 2.05. The summed E-state index contributed by atoms with van der Waals surface area (Å²) in [6, 6.07) is 2.95. The number of hydrogen-bond acceptors (Lipinski definition) is 2. The Kier molecular flexibility index (Phi) is 3.01. The lowest BCUT2D eigenvalue weighted by atomic mass is 10.2. The molecular weight excluding hydrogens is 211 g/mol. The molecule has 1 aromatic rings. The fraction of sp³-hybridized carbons (Fsp3) is 0.125. The second-order valence-corrected chi connectivity index (χ2v) is 3.24. The first-order valence-electron chi connectivity index (χ1n) is 3.53. The second-order valence-electron chi connectivity index (χ2n) is 2.43. The number of nitrogens with two attached hydrogens (primary N) is 1. The van der Waals surface area contributed by atoms with Crippen molar-refractivity contribution in [2.45, 2.75) is 0 Å². The molecule has 0 radical (unpaired) electrons. The number of anilines is 1. The minimum Gasteiger partial charge on any atom is -0.386 e. The van der Waals surface area contributed by atoms with Gasteiger partial charge in [-0.3, -0.25) is 4.79 Å². The van der Waals surface area contributed by atoms with Crippen LogP contribution in [0.2, 0.25) is 10.0 Å². The van der Waals surface area contributed by atoms with Gasteiger partial charge in [-0.25, -0.2) is 0 Å². The summed E-state index contributed by atoms with van der Waals surface area (Å²) in [6.45, 7) is 0. The molecule has 3 nitrogen and oxygen atoms in total. The van der Waals surface area contributed by atoms with Crippen LogP contribution < -0.4 is 11.1 Å². The predicted molar refractivity (Wildman–Crippen MR) is 54.5 cm³/mol. The molecule has 0 spiro atoms. The highest BCUT2D eigenvalue weighted by Crippen LogP contribution is 2.31. The lowest BCUT2D eigenvalue weighted by Gasteiger charge is -2.07. The number of rotatable bonds is 2. The van der Waals surface area contributed by atoms with Crippen molar-refractivity contribution in [3.05, 3.63) is 27.7 Å². The summed E-state index contributed by atoms with van der Waals surface area (Å²) in [4.78, 5) is 10.8. The van der Waals surface area contributed by atoms with Crippen molar-refractivity contribution in [2.24, 2.45) is 5.73 Å². The molecule has 0 unspecified atom stereocenters. The van der Waals surface area contributed by atoms with Gasteiger partial charge in [-0.15, -0.1) is 0 Å². The molecule has 0 atom stereocenters. The largest absolute Gasteiger partial charge is 0.386 e. The highest BCUT2D eigenvalue weighted by molar-refractivity contribution is 6.39. The first kappa shape index (κ1) is 10.2. The van der Waals surface area contributed by atoms with Crippen molar-refractivity contribution in [3.63, 3.8) is 0 Å². The molecule has 0 saturated carbocycles. The lowest BCUT2D eigenvalue weighted by molar-refractivity contribution is 0.100. The second kappa shape index (κ2) is 3.85. The monoisotopic (exact) mass is 218 g/mol. The molecule has 0 aromatic heterocycles. The van der Waals surface area contributed by atoms with Crippen LogP contribution in [0.1, 0.15) is 10.4 Å². The molecule has 1 amide bonds. The zero-order valence-corrected chi connectivity index (χ0v) is 8.41. The zero-order valence-electron chi connectivity index (χ0n) is 6.90. The average Bonchev–Trinajstić information content (AvgIpc) is 2.03. The maximum Gasteiger partial charge on any atom is 0.248 e. The molecule has 0 aliphatic carbocycles. The van der Waals surface area contributed by atoms with Crippen LogP contribution in [-0.4, -0.2) is 13.0 Å². The van der Waals surface area contributed by atoms with Crippen LogP contribution >= 0.6 is 23.2 Å². The topological polar surface area (TPSA) is 55.1 Å². The van der Waals surface area contributed by atoms with E-state index in [9.17, 15) is 4.79 Å². The van der Waals surface area contributed by atoms with Crippen LogP contribution in [0.5, 0.6) is 0 Å². The Labute approximate surface area is 85.8 Å². The van der Waals surface area contributed by atoms with Crippen LogP contribution in [-0.2, 0) is 0 Å². The SMILES string of the molecule is CNc1c(Cl)cc(C(N)=O)cc1Cl. The third-order valence-corrected chi connectivity index (χ3v) is 2.17. The number of primary amides is 1. The maximum absolute atomic E-state index is 10.8. The summed E-state index contributed by atoms with van der Waals surface area (Å²) >= 11 is 11.6. The van der Waals surface area contributed by atoms with Crippen molar-refractivity contribution in [1.29, 1.82) is 0 Å². The molecule has 5 heteroatoms. The molecule has 3 N–H and O–H groups in total. The number of carbonyl (C=O) groups excluding carboxylic acids is 1. The summed E-state index contributed by atoms with van der Waals surface area (Å²) in [5.74, 6) is -0.550. The molecule has 0 aliphatic rings. The molecule has 0 heterocycles. The molecular formula is C8H8Cl2N2O. The van der Waals surface area contributed by atoms with Crippen LogP contribution in [0.4, 0.5) is 5.69 Å². The van der Waals surface area contributed by atoms with E-state index < -0.39 is 5.91 Å². The van der Waals surface area contributed by atoms with Gasteiger partial charge in [-0.1, -0.05) is 23.2 Å². The van der Waals surface area contributed by atoms with Gasteiger partial charge in [0.05, 0.1) is 15.7 Å². The Hall–Kier alpha value is -0.930. The molecule has 0 saturated heterocycles. The summed E-state index contributed by atoms with van der Waals surface area (Å²) in [5, 5.41) is 3.57. The number of carbonyl (C=O) groups is 1. The fourth-order valence-corrected chi connectivity index (χ4v) is 1.63. The summed E-state index contributed by atoms with van der Waals surface area (Å²) in [5.41, 5.74) is 5.96. The van der Waals surface area contributed by atoms with Gasteiger partial charge in [0.2, 0.25) is 5.91 Å². The van der Waals surface area contributed by atoms with Gasteiger partial charge in [0, 0.05) is 12.6 Å². The number of hydrogen-bond donors (Lipinski definition) is 2. The fourth-order valence-electron chi connectivity index (χ4n) is 0.954. The van der Waals surface area contributed by atoms with Crippen molar-refractivity contribution in [2.75, 3.05) is 12.4 Å². The first-order valence-corrected chi connectivity index (χ1v) is 4.28. The Morgan fingerprint density at radius 1 is 1.38 bits per heavy atom. The summed E-state index contributed by atoms with van der Waals surface area (Å²) in [7, 11) is 1.69. The molecule has 0 bridgehead atoms. The lowest BCUT2D eigenvalue weighted by Crippen LogP contribution is -2.11. The van der Waals surface area contributed by atoms with E-state index in [4.69, 9.17) is 28.9 Å². The van der Waals surface area contributed by atoms with Gasteiger partial charge in [0.25, 0.3) is 0 Å². The van der Waals surface area contributed by atoms with E-state index in [2.05, 4.69) is 5.32 Å². The maximum atomic E-state index is 10.8. The van der Waals surface area contributed by atoms with Gasteiger partial charge in [-0.2, -0.15) is 0 Å². The van der Waals surface area contributed by atoms with Gasteiger partial charge >= 0.3 is 0 Å². The minimum atomic E-state index is -0.550. The Morgan fingerprint density at radius 3 is 2.15 bits per heavy atom. The highest BCUT2D eigenvalue weighted by Gasteiger charge is 2.09. The quantitative estimate of drug-likeness (QED) is 0.800. The third-order valence-electron chi connectivity index (χ3n) is 1.58. The minimum absolute atomic E-state index is 0.300. The molecule has 0 fully saturated rings. The average molecular weight is 219 g/mol. The Morgan fingerprint density at radius 2 is 1.85 bits per heavy atom. The number of amides is 1. The summed E-state index contributed by atoms with van der Waals surface area (Å²) in [6.07, 6.45) is 0. The van der Waals surface area contributed by atoms with Gasteiger partial charge in [0.15, 0.2) is 0 Å². The van der Waals surface area contributed by atoms with Crippen molar-refractivity contribution >= 4 is 34.8 Å². The number of nitrogens with one attached hydrogen (secondary N) is 1. The van der Waals surface area contributed by atoms with Crippen molar-refractivity contribution in [1.82, 2.24) is 0 Å². The van der Waals surface area contributed by atoms with Crippen molar-refractivity contribution in [3.8, 4) is 0 Å². The highest BCUT2D eigenvalue weighted by atomic mass is 35.5. The molecule has 13 heavy (non-hydrogen) atoms. The number of halogens is 2. The smallest absolute Gasteiger partial charge is 0.248 e. The summed E-state index contributed by atoms with van der Waals surface area (Å²) < 4.78 is 0. The Balaban J connectivity index is 3.28. The molecule has 1 rings (SSSR count). The van der Waals surface area contributed by atoms with Crippen molar-refractivity contribution < 1.29 is 4.79 Å². The van der Waals surface area contributed by atoms with Crippen LogP contribution in [0.3, 0.4) is 0 Å². The van der Waals surface area contributed by atoms with E-state index in [-0.39, 0.29) is 0 Å². The van der Waals surface area contributed by atoms with E-state index in [0.717, 1.165) is 0 Å². The molecule has 0 aliphatic heterocycles. The predicted octanol–water partition coefficient (Wildman–Crippen LogP) is 2.13. The normalized spacial score (nSPS) is 9.77. The Bertz CT molecular complexity index is 329. The van der Waals surface area contributed by atoms with E-state index >= 15 is 0 Å². The van der Waals surface area contributed by atoms with Crippen LogP contribution in [0, 0.1) is 0 Å². The van der Waals surface area contributed by atoms with E-state index in [0.29, 0.717) is 21.3 Å². The van der Waals surface area contributed by atoms with Crippen LogP contribution in [0.25, 0.3) is 0 Å². The van der Waals surface area contributed by atoms with E-state index in [1.54, 1.807) is 7.05 Å². The standard InChI is InChI=1S/C8H8Cl2N2O/c1-12-7-5(9)2-4(8(11)13)3-6(7)10/h2-3,12H,1H3,(H2,11,13). The molecule has 70 valence electrons. The first-order chi connectivity index (χ1) is 6.06. The van der Waals surface area contributed by atoms with E-state index in [1.807, 2.05) is 0 Å². The zero-order chi connectivity index (χ0) is 10.0. The van der Waals surface area contributed by atoms with Gasteiger partial charge in [0.1, 0.15) is 0 Å². The van der Waals surface area contributed by atoms with Gasteiger partial charge in [-0.05, 0) is 12.1 Å².